The molecule has 0 amide bonds. The Hall–Kier alpha value is -0.930. The summed E-state index contributed by atoms with van der Waals surface area (Å²) < 4.78 is 0. The van der Waals surface area contributed by atoms with E-state index in [0.717, 1.165) is 5.56 Å². The number of nitrogens with two attached hydrogens (primary N) is 1. The van der Waals surface area contributed by atoms with E-state index in [1.54, 1.807) is 18.5 Å². The molecular formula is C11H18N2O. The van der Waals surface area contributed by atoms with Crippen molar-refractivity contribution in [3.05, 3.63) is 30.1 Å². The van der Waals surface area contributed by atoms with Gasteiger partial charge in [0.1, 0.15) is 0 Å². The summed E-state index contributed by atoms with van der Waals surface area (Å²) in [4.78, 5) is 3.95. The fraction of sp³-hybridized carbons (Fsp3) is 0.545. The lowest BCUT2D eigenvalue weighted by atomic mass is 9.82. The minimum absolute atomic E-state index is 0.116. The van der Waals surface area contributed by atoms with Crippen LogP contribution in [0.15, 0.2) is 24.5 Å². The van der Waals surface area contributed by atoms with E-state index in [0.29, 0.717) is 0 Å². The Labute approximate surface area is 85.0 Å². The minimum atomic E-state index is -0.649. The minimum Gasteiger partial charge on any atom is -0.387 e. The molecule has 0 saturated carbocycles. The topological polar surface area (TPSA) is 59.1 Å². The molecule has 1 rings (SSSR count). The van der Waals surface area contributed by atoms with Crippen LogP contribution in [0, 0.1) is 5.41 Å². The first kappa shape index (κ1) is 11.1. The second-order valence-electron chi connectivity index (χ2n) is 4.62. The quantitative estimate of drug-likeness (QED) is 0.750. The molecule has 14 heavy (non-hydrogen) atoms. The Kier molecular flexibility index (Phi) is 3.24. The second-order valence-corrected chi connectivity index (χ2v) is 4.62. The molecule has 3 heteroatoms. The van der Waals surface area contributed by atoms with Gasteiger partial charge in [-0.05, 0) is 11.5 Å². The highest BCUT2D eigenvalue weighted by Crippen LogP contribution is 2.27. The molecule has 0 aromatic carbocycles. The maximum Gasteiger partial charge on any atom is 0.0960 e. The van der Waals surface area contributed by atoms with Crippen molar-refractivity contribution >= 4 is 0 Å². The summed E-state index contributed by atoms with van der Waals surface area (Å²) in [5.41, 5.74) is 6.61. The Bertz CT molecular complexity index is 279. The van der Waals surface area contributed by atoms with E-state index < -0.39 is 6.10 Å². The lowest BCUT2D eigenvalue weighted by Gasteiger charge is -2.31. The van der Waals surface area contributed by atoms with Crippen molar-refractivity contribution in [1.29, 1.82) is 0 Å². The van der Waals surface area contributed by atoms with Crippen LogP contribution in [0.25, 0.3) is 0 Å². The van der Waals surface area contributed by atoms with Gasteiger partial charge < -0.3 is 10.8 Å². The van der Waals surface area contributed by atoms with Gasteiger partial charge in [-0.25, -0.2) is 0 Å². The molecule has 3 N–H and O–H groups in total. The van der Waals surface area contributed by atoms with Crippen molar-refractivity contribution in [2.75, 3.05) is 0 Å². The molecule has 1 heterocycles. The van der Waals surface area contributed by atoms with Crippen LogP contribution in [0.5, 0.6) is 0 Å². The number of pyridine rings is 1. The molecule has 0 saturated heterocycles. The number of hydrogen-bond acceptors (Lipinski definition) is 3. The highest BCUT2D eigenvalue weighted by Gasteiger charge is 2.28. The van der Waals surface area contributed by atoms with Crippen LogP contribution >= 0.6 is 0 Å². The molecular weight excluding hydrogens is 176 g/mol. The van der Waals surface area contributed by atoms with Gasteiger partial charge in [0.25, 0.3) is 0 Å². The summed E-state index contributed by atoms with van der Waals surface area (Å²) in [5.74, 6) is 0. The maximum atomic E-state index is 9.96. The molecule has 0 aliphatic heterocycles. The number of rotatable bonds is 2. The Morgan fingerprint density at radius 2 is 2.07 bits per heavy atom. The van der Waals surface area contributed by atoms with Gasteiger partial charge in [-0.3, -0.25) is 4.98 Å². The van der Waals surface area contributed by atoms with Gasteiger partial charge in [0.2, 0.25) is 0 Å². The second kappa shape index (κ2) is 4.07. The van der Waals surface area contributed by atoms with Crippen LogP contribution in [-0.2, 0) is 0 Å². The third-order valence-electron chi connectivity index (χ3n) is 2.37. The van der Waals surface area contributed by atoms with Gasteiger partial charge >= 0.3 is 0 Å². The third-order valence-corrected chi connectivity index (χ3v) is 2.37. The summed E-state index contributed by atoms with van der Waals surface area (Å²) >= 11 is 0. The largest absolute Gasteiger partial charge is 0.387 e. The molecule has 1 aromatic rings. The molecule has 0 radical (unpaired) electrons. The monoisotopic (exact) mass is 194 g/mol. The predicted octanol–water partition coefficient (Wildman–Crippen LogP) is 1.49. The van der Waals surface area contributed by atoms with E-state index in [4.69, 9.17) is 5.73 Å². The summed E-state index contributed by atoms with van der Waals surface area (Å²) in [6.45, 7) is 6.03. The number of aliphatic hydroxyl groups is 1. The van der Waals surface area contributed by atoms with Gasteiger partial charge in [0, 0.05) is 24.0 Å². The lowest BCUT2D eigenvalue weighted by molar-refractivity contribution is 0.0923. The number of aromatic nitrogens is 1. The molecule has 3 nitrogen and oxygen atoms in total. The van der Waals surface area contributed by atoms with Crippen molar-refractivity contribution in [2.45, 2.75) is 32.9 Å². The zero-order valence-electron chi connectivity index (χ0n) is 8.94. The molecule has 0 aliphatic rings. The van der Waals surface area contributed by atoms with Gasteiger partial charge in [-0.15, -0.1) is 0 Å². The average molecular weight is 194 g/mol. The van der Waals surface area contributed by atoms with Crippen LogP contribution < -0.4 is 5.73 Å². The third kappa shape index (κ3) is 2.53. The van der Waals surface area contributed by atoms with Crippen molar-refractivity contribution < 1.29 is 5.11 Å². The maximum absolute atomic E-state index is 9.96. The molecule has 2 unspecified atom stereocenters. The van der Waals surface area contributed by atoms with Gasteiger partial charge in [-0.2, -0.15) is 0 Å². The first-order valence-corrected chi connectivity index (χ1v) is 4.76. The Morgan fingerprint density at radius 1 is 1.43 bits per heavy atom. The van der Waals surface area contributed by atoms with Crippen LogP contribution in [0.2, 0.25) is 0 Å². The summed E-state index contributed by atoms with van der Waals surface area (Å²) in [6.07, 6.45) is 2.68. The SMILES string of the molecule is CC(C)(C)C(N)C(O)c1cccnc1. The molecule has 0 fully saturated rings. The molecule has 0 spiro atoms. The number of hydrogen-bond donors (Lipinski definition) is 2. The average Bonchev–Trinajstić information content (AvgIpc) is 2.15. The highest BCUT2D eigenvalue weighted by molar-refractivity contribution is 5.14. The van der Waals surface area contributed by atoms with E-state index in [1.807, 2.05) is 26.8 Å². The van der Waals surface area contributed by atoms with Crippen molar-refractivity contribution in [1.82, 2.24) is 4.98 Å². The van der Waals surface area contributed by atoms with Crippen molar-refractivity contribution in [3.63, 3.8) is 0 Å². The van der Waals surface area contributed by atoms with E-state index >= 15 is 0 Å². The zero-order chi connectivity index (χ0) is 10.8. The molecule has 2 atom stereocenters. The van der Waals surface area contributed by atoms with E-state index in [-0.39, 0.29) is 11.5 Å². The van der Waals surface area contributed by atoms with Crippen LogP contribution in [0.4, 0.5) is 0 Å². The van der Waals surface area contributed by atoms with Gasteiger partial charge in [0.15, 0.2) is 0 Å². The van der Waals surface area contributed by atoms with Crippen LogP contribution in [0.3, 0.4) is 0 Å². The van der Waals surface area contributed by atoms with E-state index in [2.05, 4.69) is 4.98 Å². The smallest absolute Gasteiger partial charge is 0.0960 e. The van der Waals surface area contributed by atoms with Crippen LogP contribution in [0.1, 0.15) is 32.4 Å². The summed E-state index contributed by atoms with van der Waals surface area (Å²) in [6, 6.07) is 3.35. The van der Waals surface area contributed by atoms with E-state index in [1.165, 1.54) is 0 Å². The Morgan fingerprint density at radius 3 is 2.50 bits per heavy atom. The zero-order valence-corrected chi connectivity index (χ0v) is 8.94. The van der Waals surface area contributed by atoms with Crippen molar-refractivity contribution in [3.8, 4) is 0 Å². The van der Waals surface area contributed by atoms with Gasteiger partial charge in [0.05, 0.1) is 6.10 Å². The molecule has 78 valence electrons. The number of nitrogens with zero attached hydrogens (tertiary/aromatic N) is 1. The summed E-state index contributed by atoms with van der Waals surface area (Å²) in [5, 5.41) is 9.96. The predicted molar refractivity (Wildman–Crippen MR) is 56.6 cm³/mol. The molecule has 0 aliphatic carbocycles. The Balaban J connectivity index is 2.81. The highest BCUT2D eigenvalue weighted by atomic mass is 16.3. The summed E-state index contributed by atoms with van der Waals surface area (Å²) in [7, 11) is 0. The number of aliphatic hydroxyl groups excluding tert-OH is 1. The molecule has 1 aromatic heterocycles. The van der Waals surface area contributed by atoms with Gasteiger partial charge in [-0.1, -0.05) is 26.8 Å². The molecule has 0 bridgehead atoms. The fourth-order valence-electron chi connectivity index (χ4n) is 1.23. The first-order chi connectivity index (χ1) is 6.43. The normalized spacial score (nSPS) is 16.4. The van der Waals surface area contributed by atoms with Crippen LogP contribution in [-0.4, -0.2) is 16.1 Å². The lowest BCUT2D eigenvalue weighted by Crippen LogP contribution is -2.40. The van der Waals surface area contributed by atoms with Crippen molar-refractivity contribution in [2.24, 2.45) is 11.1 Å². The first-order valence-electron chi connectivity index (χ1n) is 4.76. The van der Waals surface area contributed by atoms with E-state index in [9.17, 15) is 5.11 Å². The standard InChI is InChI=1S/C11H18N2O/c1-11(2,3)10(12)9(14)8-5-4-6-13-7-8/h4-7,9-10,14H,12H2,1-3H3. The fourth-order valence-corrected chi connectivity index (χ4v) is 1.23.